The molecule has 2 rings (SSSR count). The third-order valence-electron chi connectivity index (χ3n) is 2.52. The van der Waals surface area contributed by atoms with E-state index >= 15 is 0 Å². The van der Waals surface area contributed by atoms with Gasteiger partial charge in [-0.25, -0.2) is 0 Å². The van der Waals surface area contributed by atoms with Crippen molar-refractivity contribution in [2.45, 2.75) is 25.2 Å². The van der Waals surface area contributed by atoms with Gasteiger partial charge in [0, 0.05) is 7.05 Å². The summed E-state index contributed by atoms with van der Waals surface area (Å²) in [7, 11) is 1.96. The molecule has 0 radical (unpaired) electrons. The van der Waals surface area contributed by atoms with Crippen molar-refractivity contribution in [3.63, 3.8) is 0 Å². The minimum absolute atomic E-state index is 0.0238. The van der Waals surface area contributed by atoms with Crippen LogP contribution in [-0.4, -0.2) is 9.78 Å². The number of nitrogens with zero attached hydrogens (tertiary/aromatic N) is 2. The van der Waals surface area contributed by atoms with Gasteiger partial charge in [0.05, 0.1) is 16.8 Å². The maximum absolute atomic E-state index is 5.49. The van der Waals surface area contributed by atoms with Crippen LogP contribution >= 0.6 is 0 Å². The highest BCUT2D eigenvalue weighted by Crippen LogP contribution is 2.47. The molecule has 0 unspecified atom stereocenters. The van der Waals surface area contributed by atoms with Crippen molar-refractivity contribution in [2.24, 2.45) is 7.05 Å². The molecular formula is C10H12N2. The van der Waals surface area contributed by atoms with Crippen LogP contribution < -0.4 is 0 Å². The summed E-state index contributed by atoms with van der Waals surface area (Å²) in [5, 5.41) is 4.29. The van der Waals surface area contributed by atoms with E-state index in [-0.39, 0.29) is 5.41 Å². The molecule has 1 aliphatic carbocycles. The van der Waals surface area contributed by atoms with E-state index in [1.54, 1.807) is 0 Å². The molecule has 1 heterocycles. The second kappa shape index (κ2) is 2.13. The normalized spacial score (nSPS) is 18.8. The Labute approximate surface area is 72.6 Å². The summed E-state index contributed by atoms with van der Waals surface area (Å²) in [5.41, 5.74) is 2.27. The first-order valence-corrected chi connectivity index (χ1v) is 4.17. The van der Waals surface area contributed by atoms with Crippen LogP contribution in [0.3, 0.4) is 0 Å². The molecule has 0 bridgehead atoms. The van der Waals surface area contributed by atoms with Gasteiger partial charge in [0.2, 0.25) is 0 Å². The van der Waals surface area contributed by atoms with Crippen molar-refractivity contribution < 1.29 is 0 Å². The molecule has 0 amide bonds. The number of aromatic nitrogens is 2. The average Bonchev–Trinajstić information content (AvgIpc) is 2.74. The molecular weight excluding hydrogens is 148 g/mol. The lowest BCUT2D eigenvalue weighted by atomic mass is 10.0. The first-order valence-electron chi connectivity index (χ1n) is 4.17. The third kappa shape index (κ3) is 0.863. The lowest BCUT2D eigenvalue weighted by Crippen LogP contribution is -2.09. The fourth-order valence-electron chi connectivity index (χ4n) is 1.66. The Hall–Kier alpha value is -1.23. The Balaban J connectivity index is 2.48. The molecule has 12 heavy (non-hydrogen) atoms. The maximum Gasteiger partial charge on any atom is 0.0730 e. The summed E-state index contributed by atoms with van der Waals surface area (Å²) in [5.74, 6) is 2.86. The monoisotopic (exact) mass is 160 g/mol. The molecule has 0 atom stereocenters. The quantitative estimate of drug-likeness (QED) is 0.568. The second-order valence-corrected chi connectivity index (χ2v) is 3.52. The lowest BCUT2D eigenvalue weighted by molar-refractivity contribution is 0.674. The van der Waals surface area contributed by atoms with Crippen LogP contribution in [0.4, 0.5) is 0 Å². The fourth-order valence-corrected chi connectivity index (χ4v) is 1.66. The first kappa shape index (κ1) is 7.42. The van der Waals surface area contributed by atoms with Crippen LogP contribution in [0.2, 0.25) is 0 Å². The molecule has 2 nitrogen and oxygen atoms in total. The van der Waals surface area contributed by atoms with E-state index < -0.39 is 0 Å². The van der Waals surface area contributed by atoms with Gasteiger partial charge in [-0.2, -0.15) is 5.10 Å². The van der Waals surface area contributed by atoms with Crippen LogP contribution in [0, 0.1) is 19.3 Å². The summed E-state index contributed by atoms with van der Waals surface area (Å²) in [6, 6.07) is 2.09. The number of terminal acetylenes is 1. The highest BCUT2D eigenvalue weighted by atomic mass is 15.3. The maximum atomic E-state index is 5.49. The summed E-state index contributed by atoms with van der Waals surface area (Å²) in [6.45, 7) is 2.00. The molecule has 0 aliphatic heterocycles. The molecule has 1 aromatic heterocycles. The van der Waals surface area contributed by atoms with Gasteiger partial charge >= 0.3 is 0 Å². The minimum atomic E-state index is 0.0238. The van der Waals surface area contributed by atoms with Crippen molar-refractivity contribution in [3.8, 4) is 12.3 Å². The van der Waals surface area contributed by atoms with Gasteiger partial charge in [-0.05, 0) is 25.8 Å². The molecule has 0 aromatic carbocycles. The Morgan fingerprint density at radius 3 is 2.67 bits per heavy atom. The molecule has 2 heteroatoms. The minimum Gasteiger partial charge on any atom is -0.271 e. The van der Waals surface area contributed by atoms with Gasteiger partial charge in [0.25, 0.3) is 0 Å². The molecule has 62 valence electrons. The number of aryl methyl sites for hydroxylation is 2. The summed E-state index contributed by atoms with van der Waals surface area (Å²) >= 11 is 0. The van der Waals surface area contributed by atoms with Crippen LogP contribution in [0.1, 0.15) is 24.2 Å². The van der Waals surface area contributed by atoms with Gasteiger partial charge in [-0.3, -0.25) is 4.68 Å². The number of hydrogen-bond donors (Lipinski definition) is 0. The molecule has 0 N–H and O–H groups in total. The van der Waals surface area contributed by atoms with Gasteiger partial charge in [-0.1, -0.05) is 5.92 Å². The van der Waals surface area contributed by atoms with Crippen molar-refractivity contribution in [1.29, 1.82) is 0 Å². The van der Waals surface area contributed by atoms with E-state index in [9.17, 15) is 0 Å². The standard InChI is InChI=1S/C10H12N2/c1-4-10(5-6-10)9-7-8(2)11-12(9)3/h1,7H,5-6H2,2-3H3. The zero-order valence-electron chi connectivity index (χ0n) is 7.46. The number of hydrogen-bond acceptors (Lipinski definition) is 1. The Morgan fingerprint density at radius 2 is 2.33 bits per heavy atom. The van der Waals surface area contributed by atoms with E-state index in [1.807, 2.05) is 18.7 Å². The van der Waals surface area contributed by atoms with E-state index in [4.69, 9.17) is 6.42 Å². The molecule has 0 saturated heterocycles. The van der Waals surface area contributed by atoms with Crippen LogP contribution in [0.15, 0.2) is 6.07 Å². The largest absolute Gasteiger partial charge is 0.271 e. The summed E-state index contributed by atoms with van der Waals surface area (Å²) < 4.78 is 1.90. The van der Waals surface area contributed by atoms with Crippen molar-refractivity contribution in [3.05, 3.63) is 17.5 Å². The highest BCUT2D eigenvalue weighted by Gasteiger charge is 2.45. The van der Waals surface area contributed by atoms with Gasteiger partial charge < -0.3 is 0 Å². The second-order valence-electron chi connectivity index (χ2n) is 3.52. The zero-order valence-corrected chi connectivity index (χ0v) is 7.46. The lowest BCUT2D eigenvalue weighted by Gasteiger charge is -2.06. The summed E-state index contributed by atoms with van der Waals surface area (Å²) in [4.78, 5) is 0. The topological polar surface area (TPSA) is 17.8 Å². The van der Waals surface area contributed by atoms with Gasteiger partial charge in [0.15, 0.2) is 0 Å². The third-order valence-corrected chi connectivity index (χ3v) is 2.52. The molecule has 1 aliphatic rings. The van der Waals surface area contributed by atoms with Gasteiger partial charge in [-0.15, -0.1) is 6.42 Å². The van der Waals surface area contributed by atoms with Crippen molar-refractivity contribution in [2.75, 3.05) is 0 Å². The smallest absolute Gasteiger partial charge is 0.0730 e. The van der Waals surface area contributed by atoms with E-state index in [1.165, 1.54) is 5.69 Å². The Morgan fingerprint density at radius 1 is 1.67 bits per heavy atom. The molecule has 1 fully saturated rings. The average molecular weight is 160 g/mol. The molecule has 1 aromatic rings. The highest BCUT2D eigenvalue weighted by molar-refractivity contribution is 5.37. The SMILES string of the molecule is C#CC1(c2cc(C)nn2C)CC1. The molecule has 0 spiro atoms. The zero-order chi connectivity index (χ0) is 8.77. The van der Waals surface area contributed by atoms with Crippen LogP contribution in [0.5, 0.6) is 0 Å². The Bertz CT molecular complexity index is 350. The predicted molar refractivity (Wildman–Crippen MR) is 47.7 cm³/mol. The van der Waals surface area contributed by atoms with Crippen LogP contribution in [0.25, 0.3) is 0 Å². The predicted octanol–water partition coefficient (Wildman–Crippen LogP) is 1.39. The van der Waals surface area contributed by atoms with Crippen molar-refractivity contribution >= 4 is 0 Å². The fraction of sp³-hybridized carbons (Fsp3) is 0.500. The first-order chi connectivity index (χ1) is 5.68. The molecule has 1 saturated carbocycles. The Kier molecular flexibility index (Phi) is 1.32. The van der Waals surface area contributed by atoms with E-state index in [0.717, 1.165) is 18.5 Å². The summed E-state index contributed by atoms with van der Waals surface area (Å²) in [6.07, 6.45) is 7.71. The van der Waals surface area contributed by atoms with Crippen molar-refractivity contribution in [1.82, 2.24) is 9.78 Å². The van der Waals surface area contributed by atoms with Crippen LogP contribution in [-0.2, 0) is 12.5 Å². The van der Waals surface area contributed by atoms with Gasteiger partial charge in [0.1, 0.15) is 0 Å². The van der Waals surface area contributed by atoms with E-state index in [0.29, 0.717) is 0 Å². The van der Waals surface area contributed by atoms with E-state index in [2.05, 4.69) is 17.1 Å². The number of rotatable bonds is 1.